The van der Waals surface area contributed by atoms with Crippen LogP contribution >= 0.6 is 12.6 Å². The van der Waals surface area contributed by atoms with Gasteiger partial charge in [-0.1, -0.05) is 6.07 Å². The van der Waals surface area contributed by atoms with Gasteiger partial charge in [-0.25, -0.2) is 0 Å². The van der Waals surface area contributed by atoms with Crippen LogP contribution in [-0.4, -0.2) is 13.7 Å². The summed E-state index contributed by atoms with van der Waals surface area (Å²) in [4.78, 5) is 0.802. The summed E-state index contributed by atoms with van der Waals surface area (Å²) in [5, 5.41) is 0. The van der Waals surface area contributed by atoms with Crippen molar-refractivity contribution in [2.45, 2.75) is 11.8 Å². The van der Waals surface area contributed by atoms with Gasteiger partial charge in [0.05, 0.1) is 18.6 Å². The van der Waals surface area contributed by atoms with Crippen molar-refractivity contribution in [2.24, 2.45) is 0 Å². The van der Waals surface area contributed by atoms with Gasteiger partial charge in [0.1, 0.15) is 0 Å². The Kier molecular flexibility index (Phi) is 3.29. The molecule has 1 aromatic carbocycles. The number of ether oxygens (including phenoxy) is 2. The van der Waals surface area contributed by atoms with Crippen LogP contribution < -0.4 is 9.47 Å². The quantitative estimate of drug-likeness (QED) is 0.727. The van der Waals surface area contributed by atoms with Crippen molar-refractivity contribution in [3.8, 4) is 11.5 Å². The van der Waals surface area contributed by atoms with Gasteiger partial charge in [-0.3, -0.25) is 0 Å². The van der Waals surface area contributed by atoms with E-state index in [0.717, 1.165) is 10.6 Å². The van der Waals surface area contributed by atoms with Crippen molar-refractivity contribution in [2.75, 3.05) is 13.7 Å². The molecule has 0 unspecified atom stereocenters. The lowest BCUT2D eigenvalue weighted by atomic mass is 10.3. The van der Waals surface area contributed by atoms with Crippen molar-refractivity contribution in [3.63, 3.8) is 0 Å². The minimum atomic E-state index is 0.619. The first-order valence-electron chi connectivity index (χ1n) is 3.78. The van der Waals surface area contributed by atoms with Crippen LogP contribution in [0.15, 0.2) is 23.1 Å². The number of hydrogen-bond donors (Lipinski definition) is 1. The minimum absolute atomic E-state index is 0.619. The highest BCUT2D eigenvalue weighted by Crippen LogP contribution is 2.33. The van der Waals surface area contributed by atoms with E-state index in [9.17, 15) is 0 Å². The van der Waals surface area contributed by atoms with Crippen LogP contribution in [0.4, 0.5) is 0 Å². The molecular weight excluding hydrogens is 172 g/mol. The van der Waals surface area contributed by atoms with Crippen molar-refractivity contribution >= 4 is 12.6 Å². The largest absolute Gasteiger partial charge is 0.493 e. The molecule has 0 heterocycles. The summed E-state index contributed by atoms with van der Waals surface area (Å²) in [6.45, 7) is 2.55. The number of rotatable bonds is 3. The molecule has 0 amide bonds. The fourth-order valence-corrected chi connectivity index (χ4v) is 1.22. The molecule has 0 aliphatic carbocycles. The number of benzene rings is 1. The summed E-state index contributed by atoms with van der Waals surface area (Å²) in [5.41, 5.74) is 0. The van der Waals surface area contributed by atoms with Gasteiger partial charge in [-0.05, 0) is 19.1 Å². The molecule has 0 saturated heterocycles. The van der Waals surface area contributed by atoms with Gasteiger partial charge in [-0.15, -0.1) is 12.6 Å². The predicted molar refractivity (Wildman–Crippen MR) is 51.4 cm³/mol. The standard InChI is InChI=1S/C9H12O2S/c1-3-11-9-7(10-2)5-4-6-8(9)12/h4-6,12H,3H2,1-2H3. The second-order valence-corrected chi connectivity index (χ2v) is 2.72. The van der Waals surface area contributed by atoms with Gasteiger partial charge in [-0.2, -0.15) is 0 Å². The molecule has 2 nitrogen and oxygen atoms in total. The van der Waals surface area contributed by atoms with Gasteiger partial charge in [0.2, 0.25) is 0 Å². The van der Waals surface area contributed by atoms with Gasteiger partial charge < -0.3 is 9.47 Å². The Morgan fingerprint density at radius 1 is 1.42 bits per heavy atom. The van der Waals surface area contributed by atoms with E-state index < -0.39 is 0 Å². The fraction of sp³-hybridized carbons (Fsp3) is 0.333. The third-order valence-corrected chi connectivity index (χ3v) is 1.82. The molecule has 0 bridgehead atoms. The molecule has 1 rings (SSSR count). The summed E-state index contributed by atoms with van der Waals surface area (Å²) in [6, 6.07) is 5.60. The minimum Gasteiger partial charge on any atom is -0.493 e. The Labute approximate surface area is 77.9 Å². The van der Waals surface area contributed by atoms with E-state index in [1.165, 1.54) is 0 Å². The van der Waals surface area contributed by atoms with Crippen molar-refractivity contribution < 1.29 is 9.47 Å². The van der Waals surface area contributed by atoms with E-state index in [2.05, 4.69) is 12.6 Å². The maximum absolute atomic E-state index is 5.36. The summed E-state index contributed by atoms with van der Waals surface area (Å²) in [6.07, 6.45) is 0. The molecule has 0 saturated carbocycles. The maximum atomic E-state index is 5.36. The van der Waals surface area contributed by atoms with Gasteiger partial charge in [0.25, 0.3) is 0 Å². The predicted octanol–water partition coefficient (Wildman–Crippen LogP) is 2.38. The Hall–Kier alpha value is -0.830. The highest BCUT2D eigenvalue weighted by Gasteiger charge is 2.05. The number of hydrogen-bond acceptors (Lipinski definition) is 3. The zero-order chi connectivity index (χ0) is 8.97. The Morgan fingerprint density at radius 3 is 2.75 bits per heavy atom. The van der Waals surface area contributed by atoms with Crippen molar-refractivity contribution in [1.29, 1.82) is 0 Å². The molecule has 0 aliphatic heterocycles. The summed E-state index contributed by atoms with van der Waals surface area (Å²) >= 11 is 4.25. The summed E-state index contributed by atoms with van der Waals surface area (Å²) in [5.74, 6) is 1.44. The third-order valence-electron chi connectivity index (χ3n) is 1.47. The Bertz CT molecular complexity index is 261. The molecule has 0 aromatic heterocycles. The number of methoxy groups -OCH3 is 1. The molecule has 0 atom stereocenters. The number of thiol groups is 1. The fourth-order valence-electron chi connectivity index (χ4n) is 0.954. The van der Waals surface area contributed by atoms with Crippen molar-refractivity contribution in [3.05, 3.63) is 18.2 Å². The van der Waals surface area contributed by atoms with E-state index >= 15 is 0 Å². The first kappa shape index (κ1) is 9.26. The highest BCUT2D eigenvalue weighted by atomic mass is 32.1. The third kappa shape index (κ3) is 1.85. The van der Waals surface area contributed by atoms with Gasteiger partial charge >= 0.3 is 0 Å². The number of para-hydroxylation sites is 1. The van der Waals surface area contributed by atoms with E-state index in [1.54, 1.807) is 7.11 Å². The van der Waals surface area contributed by atoms with Crippen LogP contribution in [-0.2, 0) is 0 Å². The first-order chi connectivity index (χ1) is 5.79. The van der Waals surface area contributed by atoms with Crippen LogP contribution in [0.25, 0.3) is 0 Å². The molecule has 3 heteroatoms. The molecule has 12 heavy (non-hydrogen) atoms. The lowest BCUT2D eigenvalue weighted by molar-refractivity contribution is 0.303. The molecule has 0 radical (unpaired) electrons. The van der Waals surface area contributed by atoms with Gasteiger partial charge in [0.15, 0.2) is 11.5 Å². The second kappa shape index (κ2) is 4.26. The monoisotopic (exact) mass is 184 g/mol. The Balaban J connectivity index is 3.02. The van der Waals surface area contributed by atoms with E-state index in [1.807, 2.05) is 25.1 Å². The lowest BCUT2D eigenvalue weighted by Crippen LogP contribution is -1.95. The van der Waals surface area contributed by atoms with Crippen LogP contribution in [0.5, 0.6) is 11.5 Å². The van der Waals surface area contributed by atoms with Gasteiger partial charge in [0, 0.05) is 0 Å². The van der Waals surface area contributed by atoms with E-state index in [0.29, 0.717) is 12.4 Å². The average Bonchev–Trinajstić information content (AvgIpc) is 2.09. The van der Waals surface area contributed by atoms with E-state index in [-0.39, 0.29) is 0 Å². The smallest absolute Gasteiger partial charge is 0.174 e. The molecule has 0 aliphatic rings. The second-order valence-electron chi connectivity index (χ2n) is 2.24. The molecular formula is C9H12O2S. The first-order valence-corrected chi connectivity index (χ1v) is 4.23. The average molecular weight is 184 g/mol. The summed E-state index contributed by atoms with van der Waals surface area (Å²) < 4.78 is 10.5. The molecule has 0 N–H and O–H groups in total. The van der Waals surface area contributed by atoms with Crippen LogP contribution in [0.1, 0.15) is 6.92 Å². The normalized spacial score (nSPS) is 9.58. The SMILES string of the molecule is CCOc1c(S)cccc1OC. The molecule has 66 valence electrons. The highest BCUT2D eigenvalue weighted by molar-refractivity contribution is 7.80. The molecule has 0 spiro atoms. The van der Waals surface area contributed by atoms with Crippen LogP contribution in [0, 0.1) is 0 Å². The van der Waals surface area contributed by atoms with E-state index in [4.69, 9.17) is 9.47 Å². The lowest BCUT2D eigenvalue weighted by Gasteiger charge is -2.10. The maximum Gasteiger partial charge on any atom is 0.174 e. The topological polar surface area (TPSA) is 18.5 Å². The zero-order valence-electron chi connectivity index (χ0n) is 7.20. The van der Waals surface area contributed by atoms with Crippen molar-refractivity contribution in [1.82, 2.24) is 0 Å². The Morgan fingerprint density at radius 2 is 2.17 bits per heavy atom. The molecule has 0 fully saturated rings. The summed E-state index contributed by atoms with van der Waals surface area (Å²) in [7, 11) is 1.62. The van der Waals surface area contributed by atoms with Crippen LogP contribution in [0.3, 0.4) is 0 Å². The molecule has 1 aromatic rings. The van der Waals surface area contributed by atoms with Crippen LogP contribution in [0.2, 0.25) is 0 Å². The zero-order valence-corrected chi connectivity index (χ0v) is 8.10.